The number of nitrogens with two attached hydrogens (primary N) is 1. The van der Waals surface area contributed by atoms with Crippen LogP contribution in [-0.2, 0) is 82.5 Å². The molecule has 5 heterocycles. The number of ether oxygens (including phenoxy) is 3. The van der Waals surface area contributed by atoms with E-state index in [9.17, 15) is 61.2 Å². The van der Waals surface area contributed by atoms with Gasteiger partial charge in [0.05, 0.1) is 47.0 Å². The predicted octanol–water partition coefficient (Wildman–Crippen LogP) is 10.3. The van der Waals surface area contributed by atoms with Crippen LogP contribution in [0.4, 0.5) is 20.5 Å². The number of primary amides is 1. The van der Waals surface area contributed by atoms with Gasteiger partial charge in [-0.1, -0.05) is 99.7 Å². The second-order valence-electron chi connectivity index (χ2n) is 30.9. The number of carboxylic acids is 1. The van der Waals surface area contributed by atoms with E-state index in [1.54, 1.807) is 80.7 Å². The highest BCUT2D eigenvalue weighted by Gasteiger charge is 2.66. The Morgan fingerprint density at radius 3 is 2.19 bits per heavy atom. The lowest BCUT2D eigenvalue weighted by Crippen LogP contribution is -2.64. The number of hydrogen-bond donors (Lipinski definition) is 6. The zero-order valence-corrected chi connectivity index (χ0v) is 63.7. The van der Waals surface area contributed by atoms with E-state index in [1.807, 2.05) is 65.9 Å². The summed E-state index contributed by atoms with van der Waals surface area (Å²) in [5.41, 5.74) is 10.7. The first-order valence-electron chi connectivity index (χ1n) is 36.9. The monoisotopic (exact) mass is 1530 g/mol. The molecule has 0 saturated heterocycles. The molecule has 7 amide bonds. The highest BCUT2D eigenvalue weighted by atomic mass is 32.2. The number of carbonyl (C=O) groups excluding carboxylic acids is 8. The van der Waals surface area contributed by atoms with Gasteiger partial charge in [0.2, 0.25) is 5.91 Å². The fourth-order valence-corrected chi connectivity index (χ4v) is 19.2. The number of imide groups is 1. The molecule has 5 atom stereocenters. The second kappa shape index (κ2) is 32.5. The van der Waals surface area contributed by atoms with E-state index < -0.39 is 99.3 Å². The van der Waals surface area contributed by atoms with E-state index in [2.05, 4.69) is 34.8 Å². The van der Waals surface area contributed by atoms with Gasteiger partial charge in [-0.15, -0.1) is 0 Å². The summed E-state index contributed by atoms with van der Waals surface area (Å²) in [5, 5.41) is 24.5. The number of carbonyl (C=O) groups is 9. The number of aromatic carboxylic acids is 1. The van der Waals surface area contributed by atoms with E-state index in [0.717, 1.165) is 76.2 Å². The average Bonchev–Trinajstić information content (AvgIpc) is 0.747. The van der Waals surface area contributed by atoms with Gasteiger partial charge in [0, 0.05) is 99.0 Å². The predicted molar refractivity (Wildman–Crippen MR) is 407 cm³/mol. The van der Waals surface area contributed by atoms with Gasteiger partial charge in [-0.3, -0.25) is 48.2 Å². The molecule has 7 aromatic rings. The summed E-state index contributed by atoms with van der Waals surface area (Å²) >= 11 is 1.40. The molecule has 109 heavy (non-hydrogen) atoms. The van der Waals surface area contributed by atoms with Crippen LogP contribution in [0.25, 0.3) is 21.3 Å². The second-order valence-corrected chi connectivity index (χ2v) is 33.5. The molecule has 4 aromatic carbocycles. The number of carboxylic acid groups (broad SMARTS) is 1. The number of nitrogens with one attached hydrogen (secondary N) is 3. The van der Waals surface area contributed by atoms with Crippen molar-refractivity contribution in [3.63, 3.8) is 0 Å². The molecule has 27 nitrogen and oxygen atoms in total. The molecule has 4 fully saturated rings. The largest absolute Gasteiger partial charge is 0.494 e. The van der Waals surface area contributed by atoms with Crippen LogP contribution in [0.3, 0.4) is 0 Å². The maximum absolute atomic E-state index is 14.3. The minimum absolute atomic E-state index is 0.0157. The molecule has 4 aliphatic carbocycles. The summed E-state index contributed by atoms with van der Waals surface area (Å²) in [4.78, 5) is 135. The number of fused-ring (bicyclic) bond motifs is 2. The summed E-state index contributed by atoms with van der Waals surface area (Å²) in [6.45, 7) is 13.1. The molecule has 13 rings (SSSR count). The number of rotatable bonds is 34. The van der Waals surface area contributed by atoms with Gasteiger partial charge in [-0.25, -0.2) is 24.4 Å². The first kappa shape index (κ1) is 78.4. The van der Waals surface area contributed by atoms with Crippen molar-refractivity contribution in [3.05, 3.63) is 166 Å². The van der Waals surface area contributed by atoms with Crippen molar-refractivity contribution < 1.29 is 75.4 Å². The Bertz CT molecular complexity index is 4740. The van der Waals surface area contributed by atoms with Crippen molar-refractivity contribution in [1.29, 1.82) is 0 Å². The van der Waals surface area contributed by atoms with Gasteiger partial charge in [0.25, 0.3) is 27.8 Å². The Morgan fingerprint density at radius 1 is 0.807 bits per heavy atom. The van der Waals surface area contributed by atoms with Gasteiger partial charge in [-0.2, -0.15) is 13.5 Å². The van der Waals surface area contributed by atoms with Crippen LogP contribution in [0.1, 0.15) is 147 Å². The van der Waals surface area contributed by atoms with Gasteiger partial charge >= 0.3 is 18.1 Å². The molecular weight excluding hydrogens is 1440 g/mol. The minimum atomic E-state index is -4.52. The lowest BCUT2D eigenvalue weighted by molar-refractivity contribution is -0.248. The van der Waals surface area contributed by atoms with Crippen molar-refractivity contribution >= 4 is 95.9 Å². The molecule has 29 heteroatoms. The smallest absolute Gasteiger partial charge is 0.410 e. The number of urea groups is 1. The van der Waals surface area contributed by atoms with Gasteiger partial charge < -0.3 is 45.5 Å². The Balaban J connectivity index is 0.672. The number of aromatic nitrogens is 4. The molecule has 6 aliphatic rings. The maximum Gasteiger partial charge on any atom is 0.410 e. The summed E-state index contributed by atoms with van der Waals surface area (Å²) in [7, 11) is -4.52. The Morgan fingerprint density at radius 2 is 1.51 bits per heavy atom. The number of Topliss-reactive ketones (excluding diaryl/α,β-unsaturated/α-hetero) is 2. The number of anilines is 2. The van der Waals surface area contributed by atoms with Crippen LogP contribution >= 0.6 is 11.3 Å². The van der Waals surface area contributed by atoms with Crippen LogP contribution in [0.15, 0.2) is 121 Å². The Labute approximate surface area is 636 Å². The lowest BCUT2D eigenvalue weighted by Gasteiger charge is -2.69. The third-order valence-electron chi connectivity index (χ3n) is 21.8. The number of nitrogens with zero attached hydrogens (tertiary/aromatic N) is 7. The summed E-state index contributed by atoms with van der Waals surface area (Å²) in [6, 6.07) is 27.4. The van der Waals surface area contributed by atoms with Crippen LogP contribution in [0.5, 0.6) is 5.75 Å². The quantitative estimate of drug-likeness (QED) is 0.0124. The minimum Gasteiger partial charge on any atom is -0.494 e. The SMILES string of the molecule is CCOc1ccc(C[C@@H](C(=O)C[C@H](C(=O)N[C@@H](CCCNC(N)=O)C(=O)Cc2ccc(COC(=O)N(CCOC34CC5(C)CC(C)(CC(Cn6ncc(-c7ccc(N8CCc9cccc(C(=O)Nc%10nc%11ccccc%11s%10)c9C8)nc7C(=O)O)c6C)(C5)C3)C4)CCS(=O)(=O)O)cc2)C(C)C)N2C(=O)C=CC2=O)cc1. The van der Waals surface area contributed by atoms with Crippen LogP contribution < -0.4 is 31.3 Å². The molecular formula is C80H93N11O16S2. The first-order chi connectivity index (χ1) is 51.9. The van der Waals surface area contributed by atoms with Gasteiger partial charge in [-0.05, 0) is 164 Å². The summed E-state index contributed by atoms with van der Waals surface area (Å²) < 4.78 is 55.5. The number of hydrogen-bond acceptors (Lipinski definition) is 19. The zero-order valence-electron chi connectivity index (χ0n) is 62.0. The normalized spacial score (nSPS) is 20.7. The molecule has 2 unspecified atom stereocenters. The summed E-state index contributed by atoms with van der Waals surface area (Å²) in [5.74, 6) is -5.44. The molecule has 0 spiro atoms. The Hall–Kier alpha value is -10.2. The van der Waals surface area contributed by atoms with E-state index in [4.69, 9.17) is 30.0 Å². The van der Waals surface area contributed by atoms with E-state index in [-0.39, 0.29) is 86.3 Å². The lowest BCUT2D eigenvalue weighted by atomic mass is 9.39. The number of para-hydroxylation sites is 1. The molecule has 4 bridgehead atoms. The Kier molecular flexibility index (Phi) is 23.4. The van der Waals surface area contributed by atoms with E-state index in [0.29, 0.717) is 89.2 Å². The number of pyridine rings is 1. The zero-order chi connectivity index (χ0) is 77.7. The molecule has 4 saturated carbocycles. The standard InChI is InChI=1S/C80H93N11O16S2/c1-7-105-55-23-21-51(22-24-55)36-63(91-68(94)27-28-69(91)95)65(93)38-58(49(2)3)72(97)84-61(15-11-30-82-74(81)100)64(92)37-52-17-19-53(20-18-52)41-106-76(101)88(33-35-109(102,103)104)32-34-107-80-45-77(5)42-78(6,46-80)44-79(43-77,47-80)48-90-50(4)59(39-83-90)56-25-26-67(86-70(56)73(98)99)89-31-29-54-12-10-13-57(60(54)40-89)71(96)87-75-85-62-14-8-9-16-66(62)108-75/h8-10,12-14,16-28,39,49,58,61,63H,7,11,15,29-38,40-48H2,1-6H3,(H,84,97)(H,98,99)(H3,81,82,100)(H,85,87,96)(H,102,103,104)/t58-,61-,63-,77?,78?,79?,80?/m0/s1. The van der Waals surface area contributed by atoms with Crippen LogP contribution in [0.2, 0.25) is 0 Å². The third-order valence-corrected chi connectivity index (χ3v) is 23.5. The number of thiazole rings is 1. The number of benzene rings is 4. The highest BCUT2D eigenvalue weighted by molar-refractivity contribution is 7.85. The van der Waals surface area contributed by atoms with Crippen molar-refractivity contribution in [2.75, 3.05) is 55.4 Å². The average molecular weight is 1530 g/mol. The number of amides is 7. The van der Waals surface area contributed by atoms with Crippen LogP contribution in [0, 0.1) is 35.0 Å². The van der Waals surface area contributed by atoms with E-state index in [1.165, 1.54) is 16.2 Å². The first-order valence-corrected chi connectivity index (χ1v) is 39.3. The highest BCUT2D eigenvalue weighted by Crippen LogP contribution is 2.72. The molecule has 576 valence electrons. The molecule has 7 N–H and O–H groups in total. The third kappa shape index (κ3) is 18.6. The molecule has 2 aliphatic heterocycles. The van der Waals surface area contributed by atoms with Crippen molar-refractivity contribution in [2.24, 2.45) is 33.8 Å². The number of ketones is 2. The summed E-state index contributed by atoms with van der Waals surface area (Å²) in [6.07, 6.45) is 8.38. The van der Waals surface area contributed by atoms with Gasteiger partial charge in [0.1, 0.15) is 24.2 Å². The van der Waals surface area contributed by atoms with Crippen LogP contribution in [-0.4, -0.2) is 164 Å². The fraction of sp³-hybridized carbons (Fsp3) is 0.450. The van der Waals surface area contributed by atoms with Crippen molar-refractivity contribution in [2.45, 2.75) is 156 Å². The van der Waals surface area contributed by atoms with Crippen molar-refractivity contribution in [1.82, 2.24) is 40.2 Å². The molecule has 0 radical (unpaired) electrons. The van der Waals surface area contributed by atoms with Crippen molar-refractivity contribution in [3.8, 4) is 16.9 Å². The fourth-order valence-electron chi connectivity index (χ4n) is 17.9. The maximum atomic E-state index is 14.3. The molecule has 3 aromatic heterocycles. The van der Waals surface area contributed by atoms with Gasteiger partial charge in [0.15, 0.2) is 22.4 Å². The topological polar surface area (TPSA) is 371 Å². The van der Waals surface area contributed by atoms with E-state index >= 15 is 0 Å².